The Morgan fingerprint density at radius 2 is 1.08 bits per heavy atom. The zero-order chi connectivity index (χ0) is 43.0. The van der Waals surface area contributed by atoms with E-state index in [0.717, 1.165) is 23.5 Å². The summed E-state index contributed by atoms with van der Waals surface area (Å²) in [7, 11) is -9.03. The maximum atomic E-state index is 14.7. The van der Waals surface area contributed by atoms with Crippen LogP contribution in [0.1, 0.15) is 66.8 Å². The van der Waals surface area contributed by atoms with Gasteiger partial charge in [-0.1, -0.05) is 65.1 Å². The normalized spacial score (nSPS) is 29.2. The van der Waals surface area contributed by atoms with Gasteiger partial charge in [0.2, 0.25) is 0 Å². The molecule has 3 aliphatic heterocycles. The van der Waals surface area contributed by atoms with Crippen molar-refractivity contribution in [2.24, 2.45) is 10.8 Å². The number of phosphoric ester groups is 2. The molecule has 328 valence electrons. The molecule has 26 heteroatoms. The molecule has 3 fully saturated rings. The van der Waals surface area contributed by atoms with Crippen LogP contribution in [-0.2, 0) is 55.3 Å². The van der Waals surface area contributed by atoms with E-state index in [1.807, 2.05) is 0 Å². The fourth-order valence-electron chi connectivity index (χ4n) is 6.36. The molecule has 3 aliphatic rings. The van der Waals surface area contributed by atoms with E-state index in [0.29, 0.717) is 22.3 Å². The smallest absolute Gasteiger partial charge is 0.382 e. The molecule has 0 spiro atoms. The third-order valence-electron chi connectivity index (χ3n) is 9.45. The molecule has 2 unspecified atom stereocenters. The minimum Gasteiger partial charge on any atom is -0.382 e. The third-order valence-corrected chi connectivity index (χ3v) is 14.9. The fourth-order valence-corrected chi connectivity index (χ4v) is 11.0. The van der Waals surface area contributed by atoms with Gasteiger partial charge in [0.1, 0.15) is 60.6 Å². The lowest BCUT2D eigenvalue weighted by molar-refractivity contribution is -0.118. The first-order chi connectivity index (χ1) is 28.3. The van der Waals surface area contributed by atoms with Crippen molar-refractivity contribution in [3.05, 3.63) is 25.3 Å². The van der Waals surface area contributed by atoms with E-state index < -0.39 is 76.6 Å². The van der Waals surface area contributed by atoms with Crippen LogP contribution in [0.3, 0.4) is 0 Å². The maximum Gasteiger partial charge on any atom is 0.475 e. The maximum absolute atomic E-state index is 14.7. The molecule has 0 bridgehead atoms. The molecule has 0 radical (unpaired) electrons. The van der Waals surface area contributed by atoms with E-state index in [2.05, 4.69) is 29.9 Å². The second-order valence-corrected chi connectivity index (χ2v) is 21.5. The van der Waals surface area contributed by atoms with Crippen molar-refractivity contribution in [1.82, 2.24) is 39.0 Å². The highest BCUT2D eigenvalue weighted by Crippen LogP contribution is 2.58. The molecular weight excluding hydrogens is 867 g/mol. The summed E-state index contributed by atoms with van der Waals surface area (Å²) in [6.45, 7) is 9.49. The number of phosphoric acid groups is 2. The number of aromatic nitrogens is 8. The first-order valence-corrected chi connectivity index (χ1v) is 23.9. The van der Waals surface area contributed by atoms with Crippen molar-refractivity contribution in [2.75, 3.05) is 49.4 Å². The van der Waals surface area contributed by atoms with E-state index in [9.17, 15) is 18.7 Å². The molecule has 4 aromatic rings. The van der Waals surface area contributed by atoms with Crippen LogP contribution >= 0.6 is 39.2 Å². The number of ether oxygens (including phenoxy) is 2. The van der Waals surface area contributed by atoms with E-state index >= 15 is 0 Å². The standard InChI is InChI=1S/C34H48N10O12P2S2/c1-33(2,3)31(45)59-9-7-49-57(47)51-13-21-20(12-24(53-21)44-18-42-30-26(44)28(36)38-16-40-30)56-58(48,50-8-10-60-32(46)34(4,5)6)52-14-22-19(55-57)11-23(54-22)43-17-41-29-25(43)27(35)37-15-39-29/h15-24H,7-14H2,1-6H3,(H2,35,37,39)(H2,36,38,40)/t19-,20+,21-,22+,23+,24-,57?,58?. The van der Waals surface area contributed by atoms with E-state index in [4.69, 9.17) is 48.1 Å². The van der Waals surface area contributed by atoms with Gasteiger partial charge >= 0.3 is 15.6 Å². The lowest BCUT2D eigenvalue weighted by Crippen LogP contribution is -2.33. The minimum absolute atomic E-state index is 0.0290. The lowest BCUT2D eigenvalue weighted by Gasteiger charge is -2.29. The van der Waals surface area contributed by atoms with Crippen LogP contribution < -0.4 is 11.5 Å². The average molecular weight is 915 g/mol. The number of nitrogens with two attached hydrogens (primary N) is 2. The zero-order valence-corrected chi connectivity index (χ0v) is 37.2. The van der Waals surface area contributed by atoms with Crippen LogP contribution in [0.5, 0.6) is 0 Å². The van der Waals surface area contributed by atoms with Crippen molar-refractivity contribution >= 4 is 83.4 Å². The first-order valence-electron chi connectivity index (χ1n) is 19.0. The van der Waals surface area contributed by atoms with Crippen molar-refractivity contribution in [3.63, 3.8) is 0 Å². The number of imidazole rings is 2. The van der Waals surface area contributed by atoms with Gasteiger partial charge in [-0.15, -0.1) is 0 Å². The van der Waals surface area contributed by atoms with Gasteiger partial charge in [-0.3, -0.25) is 45.9 Å². The van der Waals surface area contributed by atoms with Gasteiger partial charge in [-0.25, -0.2) is 39.0 Å². The monoisotopic (exact) mass is 914 g/mol. The molecule has 3 saturated heterocycles. The number of nitrogen functional groups attached to an aromatic ring is 2. The lowest BCUT2D eigenvalue weighted by atomic mass is 9.99. The van der Waals surface area contributed by atoms with Gasteiger partial charge < -0.3 is 20.9 Å². The number of rotatable bonds is 10. The fraction of sp³-hybridized carbons (Fsp3) is 0.647. The largest absolute Gasteiger partial charge is 0.475 e. The number of nitrogens with zero attached hydrogens (tertiary/aromatic N) is 8. The molecule has 22 nitrogen and oxygen atoms in total. The topological polar surface area (TPSA) is 281 Å². The number of thioether (sulfide) groups is 2. The Morgan fingerprint density at radius 3 is 1.47 bits per heavy atom. The Bertz CT molecular complexity index is 2150. The predicted molar refractivity (Wildman–Crippen MR) is 219 cm³/mol. The van der Waals surface area contributed by atoms with Gasteiger partial charge in [0.25, 0.3) is 0 Å². The summed E-state index contributed by atoms with van der Waals surface area (Å²) in [6.07, 6.45) is -0.418. The second kappa shape index (κ2) is 17.9. The molecular formula is C34H48N10O12P2S2. The van der Waals surface area contributed by atoms with Crippen LogP contribution in [0.25, 0.3) is 22.3 Å². The average Bonchev–Trinajstić information content (AvgIpc) is 3.98. The van der Waals surface area contributed by atoms with Crippen LogP contribution in [0.15, 0.2) is 25.3 Å². The van der Waals surface area contributed by atoms with Gasteiger partial charge in [0, 0.05) is 35.2 Å². The summed E-state index contributed by atoms with van der Waals surface area (Å²) < 4.78 is 81.6. The molecule has 0 aromatic carbocycles. The molecule has 0 saturated carbocycles. The van der Waals surface area contributed by atoms with Crippen molar-refractivity contribution in [2.45, 2.75) is 91.3 Å². The highest BCUT2D eigenvalue weighted by Gasteiger charge is 2.49. The molecule has 4 aromatic heterocycles. The van der Waals surface area contributed by atoms with Gasteiger partial charge in [-0.05, 0) is 0 Å². The molecule has 0 aliphatic carbocycles. The minimum atomic E-state index is -4.51. The van der Waals surface area contributed by atoms with Crippen molar-refractivity contribution < 1.29 is 55.3 Å². The van der Waals surface area contributed by atoms with E-state index in [1.165, 1.54) is 25.3 Å². The van der Waals surface area contributed by atoms with E-state index in [-0.39, 0.29) is 59.4 Å². The number of fused-ring (bicyclic) bond motifs is 4. The number of hydrogen-bond acceptors (Lipinski definition) is 22. The number of carbonyl (C=O) groups excluding carboxylic acids is 2. The van der Waals surface area contributed by atoms with Crippen LogP contribution in [-0.4, -0.2) is 112 Å². The molecule has 0 amide bonds. The summed E-state index contributed by atoms with van der Waals surface area (Å²) in [5.74, 6) is 0.576. The molecule has 4 N–H and O–H groups in total. The first kappa shape index (κ1) is 44.9. The summed E-state index contributed by atoms with van der Waals surface area (Å²) in [4.78, 5) is 50.4. The van der Waals surface area contributed by atoms with Crippen molar-refractivity contribution in [1.29, 1.82) is 0 Å². The van der Waals surface area contributed by atoms with Gasteiger partial charge in [0.15, 0.2) is 33.2 Å². The van der Waals surface area contributed by atoms with Crippen LogP contribution in [0.2, 0.25) is 0 Å². The summed E-state index contributed by atoms with van der Waals surface area (Å²) in [5.41, 5.74) is 12.6. The van der Waals surface area contributed by atoms with Crippen LogP contribution in [0.4, 0.5) is 11.6 Å². The third kappa shape index (κ3) is 10.2. The molecule has 7 heterocycles. The highest BCUT2D eigenvalue weighted by atomic mass is 32.2. The summed E-state index contributed by atoms with van der Waals surface area (Å²) in [6, 6.07) is 0. The Hall–Kier alpha value is -3.12. The van der Waals surface area contributed by atoms with Gasteiger partial charge in [0.05, 0.1) is 39.1 Å². The Balaban J connectivity index is 1.18. The number of carbonyl (C=O) groups is 2. The predicted octanol–water partition coefficient (Wildman–Crippen LogP) is 5.08. The number of hydrogen-bond donors (Lipinski definition) is 2. The Kier molecular flexibility index (Phi) is 13.4. The summed E-state index contributed by atoms with van der Waals surface area (Å²) in [5, 5.41) is -0.168. The quantitative estimate of drug-likeness (QED) is 0.155. The Labute approximate surface area is 353 Å². The van der Waals surface area contributed by atoms with Gasteiger partial charge in [-0.2, -0.15) is 0 Å². The number of anilines is 2. The zero-order valence-electron chi connectivity index (χ0n) is 33.8. The molecule has 7 rings (SSSR count). The Morgan fingerprint density at radius 1 is 0.683 bits per heavy atom. The van der Waals surface area contributed by atoms with Crippen LogP contribution in [0, 0.1) is 10.8 Å². The van der Waals surface area contributed by atoms with E-state index in [1.54, 1.807) is 50.7 Å². The molecule has 8 atom stereocenters. The highest BCUT2D eigenvalue weighted by molar-refractivity contribution is 8.14. The van der Waals surface area contributed by atoms with Crippen molar-refractivity contribution in [3.8, 4) is 0 Å². The second-order valence-electron chi connectivity index (χ2n) is 16.1. The summed E-state index contributed by atoms with van der Waals surface area (Å²) >= 11 is 2.05. The molecule has 60 heavy (non-hydrogen) atoms. The SMILES string of the molecule is CC(C)(C)C(=O)SCCOP1(=O)OC[C@@H]2O[C@H](n3cnc4ncnc(N)c43)C[C@H]2OP(=O)(OCCSC(=O)C(C)(C)C)OC[C@H]2O[C@@H](n3cnc4ncnc(N)c43)C[C@@H]2O1.